The molecule has 25 heavy (non-hydrogen) atoms. The first-order chi connectivity index (χ1) is 12.0. The molecule has 4 rings (SSSR count). The third-order valence-electron chi connectivity index (χ3n) is 4.60. The normalized spacial score (nSPS) is 13.7. The van der Waals surface area contributed by atoms with Crippen molar-refractivity contribution in [3.05, 3.63) is 89.5 Å². The second-order valence-corrected chi connectivity index (χ2v) is 8.63. The van der Waals surface area contributed by atoms with Gasteiger partial charge in [0.05, 0.1) is 5.25 Å². The van der Waals surface area contributed by atoms with Gasteiger partial charge in [-0.2, -0.15) is 0 Å². The smallest absolute Gasteiger partial charge is 0.132 e. The summed E-state index contributed by atoms with van der Waals surface area (Å²) in [5, 5.41) is 0.252. The van der Waals surface area contributed by atoms with Gasteiger partial charge in [0.1, 0.15) is 11.5 Å². The minimum Gasteiger partial charge on any atom is -0.457 e. The van der Waals surface area contributed by atoms with E-state index in [9.17, 15) is 0 Å². The van der Waals surface area contributed by atoms with E-state index in [1.165, 1.54) is 21.6 Å². The van der Waals surface area contributed by atoms with Crippen LogP contribution in [0.1, 0.15) is 42.7 Å². The number of hydrogen-bond donors (Lipinski definition) is 0. The van der Waals surface area contributed by atoms with Crippen LogP contribution >= 0.6 is 11.8 Å². The summed E-state index contributed by atoms with van der Waals surface area (Å²) in [7, 11) is 0. The van der Waals surface area contributed by atoms with Gasteiger partial charge >= 0.3 is 0 Å². The van der Waals surface area contributed by atoms with E-state index < -0.39 is 0 Å². The predicted octanol–water partition coefficient (Wildman–Crippen LogP) is 6.97. The Balaban J connectivity index is 1.71. The topological polar surface area (TPSA) is 9.23 Å². The number of benzene rings is 3. The molecule has 1 aliphatic heterocycles. The number of para-hydroxylation sites is 2. The Morgan fingerprint density at radius 1 is 0.720 bits per heavy atom. The highest BCUT2D eigenvalue weighted by molar-refractivity contribution is 7.99. The molecule has 0 bridgehead atoms. The SMILES string of the molecule is CC(C)(C)c1ccc(SC2c3ccccc3Oc3ccccc32)cc1. The number of fused-ring (bicyclic) bond motifs is 2. The summed E-state index contributed by atoms with van der Waals surface area (Å²) < 4.78 is 6.10. The van der Waals surface area contributed by atoms with Crippen molar-refractivity contribution < 1.29 is 4.74 Å². The quantitative estimate of drug-likeness (QED) is 0.495. The fraction of sp³-hybridized carbons (Fsp3) is 0.217. The Kier molecular flexibility index (Phi) is 4.09. The number of hydrogen-bond acceptors (Lipinski definition) is 2. The van der Waals surface area contributed by atoms with Crippen LogP contribution in [0.25, 0.3) is 0 Å². The van der Waals surface area contributed by atoms with Crippen molar-refractivity contribution in [2.75, 3.05) is 0 Å². The summed E-state index contributed by atoms with van der Waals surface area (Å²) >= 11 is 1.89. The van der Waals surface area contributed by atoms with Gasteiger partial charge < -0.3 is 4.74 Å². The van der Waals surface area contributed by atoms with Crippen LogP contribution in [-0.2, 0) is 5.41 Å². The van der Waals surface area contributed by atoms with Gasteiger partial charge in [-0.3, -0.25) is 0 Å². The largest absolute Gasteiger partial charge is 0.457 e. The first-order valence-corrected chi connectivity index (χ1v) is 9.53. The summed E-state index contributed by atoms with van der Waals surface area (Å²) in [4.78, 5) is 1.28. The Labute approximate surface area is 154 Å². The predicted molar refractivity (Wildman–Crippen MR) is 106 cm³/mol. The van der Waals surface area contributed by atoms with Gasteiger partial charge in [-0.1, -0.05) is 69.3 Å². The van der Waals surface area contributed by atoms with Crippen LogP contribution in [0.3, 0.4) is 0 Å². The molecule has 0 radical (unpaired) electrons. The highest BCUT2D eigenvalue weighted by Gasteiger charge is 2.27. The fourth-order valence-electron chi connectivity index (χ4n) is 3.16. The van der Waals surface area contributed by atoms with Crippen LogP contribution in [0.2, 0.25) is 0 Å². The van der Waals surface area contributed by atoms with Gasteiger partial charge in [-0.25, -0.2) is 0 Å². The lowest BCUT2D eigenvalue weighted by molar-refractivity contribution is 0.459. The number of rotatable bonds is 2. The standard InChI is InChI=1S/C23H22OS/c1-23(2,3)16-12-14-17(15-13-16)25-22-18-8-4-6-10-20(18)24-21-11-7-5-9-19(21)22/h4-15,22H,1-3H3. The van der Waals surface area contributed by atoms with Gasteiger partial charge in [-0.15, -0.1) is 11.8 Å². The zero-order valence-corrected chi connectivity index (χ0v) is 15.6. The maximum atomic E-state index is 6.10. The van der Waals surface area contributed by atoms with E-state index in [1.807, 2.05) is 23.9 Å². The third kappa shape index (κ3) is 3.19. The molecule has 0 fully saturated rings. The molecule has 0 atom stereocenters. The van der Waals surface area contributed by atoms with Crippen LogP contribution in [-0.4, -0.2) is 0 Å². The maximum absolute atomic E-state index is 6.10. The van der Waals surface area contributed by atoms with Crippen molar-refractivity contribution >= 4 is 11.8 Å². The molecule has 126 valence electrons. The average molecular weight is 346 g/mol. The van der Waals surface area contributed by atoms with Crippen molar-refractivity contribution in [2.45, 2.75) is 36.3 Å². The number of thioether (sulfide) groups is 1. The summed E-state index contributed by atoms with van der Waals surface area (Å²) in [6.45, 7) is 6.75. The molecule has 0 unspecified atom stereocenters. The molecule has 0 amide bonds. The lowest BCUT2D eigenvalue weighted by Crippen LogP contribution is -2.10. The molecule has 1 nitrogen and oxygen atoms in total. The summed E-state index contributed by atoms with van der Waals surface area (Å²) in [6, 6.07) is 25.7. The highest BCUT2D eigenvalue weighted by atomic mass is 32.2. The van der Waals surface area contributed by atoms with Gasteiger partial charge in [0.25, 0.3) is 0 Å². The van der Waals surface area contributed by atoms with E-state index in [1.54, 1.807) is 0 Å². The van der Waals surface area contributed by atoms with Crippen LogP contribution in [0.5, 0.6) is 11.5 Å². The molecular formula is C23H22OS. The highest BCUT2D eigenvalue weighted by Crippen LogP contribution is 2.51. The molecule has 3 aromatic carbocycles. The summed E-state index contributed by atoms with van der Waals surface area (Å²) in [5.74, 6) is 1.93. The lowest BCUT2D eigenvalue weighted by Gasteiger charge is -2.28. The fourth-order valence-corrected chi connectivity index (χ4v) is 4.37. The van der Waals surface area contributed by atoms with E-state index in [-0.39, 0.29) is 10.7 Å². The summed E-state index contributed by atoms with van der Waals surface area (Å²) in [5.41, 5.74) is 4.03. The summed E-state index contributed by atoms with van der Waals surface area (Å²) in [6.07, 6.45) is 0. The van der Waals surface area contributed by atoms with Gasteiger partial charge in [-0.05, 0) is 35.2 Å². The van der Waals surface area contributed by atoms with Crippen LogP contribution in [0.4, 0.5) is 0 Å². The molecule has 0 N–H and O–H groups in total. The average Bonchev–Trinajstić information content (AvgIpc) is 2.61. The Bertz CT molecular complexity index is 845. The molecule has 0 spiro atoms. The minimum absolute atomic E-state index is 0.182. The second-order valence-electron chi connectivity index (χ2n) is 7.45. The minimum atomic E-state index is 0.182. The molecule has 3 aromatic rings. The molecule has 0 aromatic heterocycles. The molecule has 0 saturated heterocycles. The monoisotopic (exact) mass is 346 g/mol. The first kappa shape index (κ1) is 16.3. The molecule has 1 aliphatic rings. The lowest BCUT2D eigenvalue weighted by atomic mass is 9.87. The Morgan fingerprint density at radius 2 is 1.24 bits per heavy atom. The number of ether oxygens (including phenoxy) is 1. The third-order valence-corrected chi connectivity index (χ3v) is 5.89. The Hall–Kier alpha value is -2.19. The van der Waals surface area contributed by atoms with Crippen LogP contribution < -0.4 is 4.74 Å². The van der Waals surface area contributed by atoms with E-state index >= 15 is 0 Å². The zero-order chi connectivity index (χ0) is 17.4. The van der Waals surface area contributed by atoms with Gasteiger partial charge in [0, 0.05) is 16.0 Å². The maximum Gasteiger partial charge on any atom is 0.132 e. The van der Waals surface area contributed by atoms with Gasteiger partial charge in [0.2, 0.25) is 0 Å². The van der Waals surface area contributed by atoms with Crippen LogP contribution in [0.15, 0.2) is 77.7 Å². The van der Waals surface area contributed by atoms with Crippen molar-refractivity contribution in [2.24, 2.45) is 0 Å². The van der Waals surface area contributed by atoms with E-state index in [0.29, 0.717) is 0 Å². The van der Waals surface area contributed by atoms with E-state index in [2.05, 4.69) is 81.4 Å². The van der Waals surface area contributed by atoms with Gasteiger partial charge in [0.15, 0.2) is 0 Å². The van der Waals surface area contributed by atoms with Crippen molar-refractivity contribution in [3.63, 3.8) is 0 Å². The van der Waals surface area contributed by atoms with E-state index in [0.717, 1.165) is 11.5 Å². The van der Waals surface area contributed by atoms with Crippen molar-refractivity contribution in [1.29, 1.82) is 0 Å². The van der Waals surface area contributed by atoms with Crippen LogP contribution in [0, 0.1) is 0 Å². The molecule has 1 heterocycles. The van der Waals surface area contributed by atoms with E-state index in [4.69, 9.17) is 4.74 Å². The first-order valence-electron chi connectivity index (χ1n) is 8.65. The van der Waals surface area contributed by atoms with Crippen molar-refractivity contribution in [1.82, 2.24) is 0 Å². The molecule has 0 aliphatic carbocycles. The molecule has 2 heteroatoms. The zero-order valence-electron chi connectivity index (χ0n) is 14.8. The second kappa shape index (κ2) is 6.27. The molecule has 0 saturated carbocycles. The molecular weight excluding hydrogens is 324 g/mol. The van der Waals surface area contributed by atoms with Crippen molar-refractivity contribution in [3.8, 4) is 11.5 Å². The Morgan fingerprint density at radius 3 is 1.76 bits per heavy atom.